The van der Waals surface area contributed by atoms with Gasteiger partial charge in [-0.3, -0.25) is 0 Å². The van der Waals surface area contributed by atoms with E-state index in [1.807, 2.05) is 44.3 Å². The van der Waals surface area contributed by atoms with Crippen LogP contribution in [0.4, 0.5) is 20.2 Å². The van der Waals surface area contributed by atoms with Gasteiger partial charge in [0.15, 0.2) is 0 Å². The van der Waals surface area contributed by atoms with Crippen molar-refractivity contribution in [3.63, 3.8) is 0 Å². The fourth-order valence-corrected chi connectivity index (χ4v) is 2.28. The predicted molar refractivity (Wildman–Crippen MR) is 103 cm³/mol. The van der Waals surface area contributed by atoms with Crippen molar-refractivity contribution in [1.82, 2.24) is 4.90 Å². The van der Waals surface area contributed by atoms with Gasteiger partial charge in [0.05, 0.1) is 12.0 Å². The Labute approximate surface area is 154 Å². The highest BCUT2D eigenvalue weighted by atomic mass is 35.5. The molecule has 6 heteroatoms. The first kappa shape index (κ1) is 20.9. The molecule has 0 heterocycles. The minimum atomic E-state index is -0.565. The fourth-order valence-electron chi connectivity index (χ4n) is 2.28. The molecule has 0 aliphatic rings. The van der Waals surface area contributed by atoms with Crippen LogP contribution in [0.3, 0.4) is 0 Å². The summed E-state index contributed by atoms with van der Waals surface area (Å²) in [7, 11) is 1.97. The van der Waals surface area contributed by atoms with Crippen LogP contribution in [0.25, 0.3) is 0 Å². The van der Waals surface area contributed by atoms with Gasteiger partial charge in [-0.05, 0) is 61.7 Å². The summed E-state index contributed by atoms with van der Waals surface area (Å²) in [6.07, 6.45) is 1.81. The molecular weight excluding hydrogens is 344 g/mol. The second-order valence-corrected chi connectivity index (χ2v) is 5.90. The molecule has 0 amide bonds. The Morgan fingerprint density at radius 1 is 1.04 bits per heavy atom. The normalized spacial score (nSPS) is 10.6. The molecule has 0 radical (unpaired) electrons. The Bertz CT molecular complexity index is 727. The van der Waals surface area contributed by atoms with Crippen LogP contribution in [-0.4, -0.2) is 24.8 Å². The van der Waals surface area contributed by atoms with E-state index in [4.69, 9.17) is 0 Å². The van der Waals surface area contributed by atoms with E-state index in [9.17, 15) is 8.78 Å². The number of anilines is 1. The molecule has 0 atom stereocenters. The zero-order chi connectivity index (χ0) is 17.7. The molecule has 0 bridgehead atoms. The van der Waals surface area contributed by atoms with Gasteiger partial charge in [0.2, 0.25) is 0 Å². The van der Waals surface area contributed by atoms with E-state index >= 15 is 0 Å². The van der Waals surface area contributed by atoms with Crippen molar-refractivity contribution >= 4 is 30.1 Å². The molecule has 0 unspecified atom stereocenters. The van der Waals surface area contributed by atoms with Crippen LogP contribution >= 0.6 is 12.4 Å². The van der Waals surface area contributed by atoms with E-state index in [0.29, 0.717) is 12.1 Å². The summed E-state index contributed by atoms with van der Waals surface area (Å²) in [5.41, 5.74) is 4.48. The zero-order valence-corrected chi connectivity index (χ0v) is 15.8. The molecule has 0 saturated heterocycles. The van der Waals surface area contributed by atoms with Gasteiger partial charge in [-0.15, -0.1) is 12.4 Å². The van der Waals surface area contributed by atoms with E-state index < -0.39 is 11.6 Å². The lowest BCUT2D eigenvalue weighted by Gasteiger charge is -2.13. The zero-order valence-electron chi connectivity index (χ0n) is 14.9. The van der Waals surface area contributed by atoms with Crippen LogP contribution in [0.1, 0.15) is 23.6 Å². The van der Waals surface area contributed by atoms with Crippen molar-refractivity contribution in [2.24, 2.45) is 4.99 Å². The molecule has 25 heavy (non-hydrogen) atoms. The van der Waals surface area contributed by atoms with Crippen LogP contribution in [0.2, 0.25) is 0 Å². The lowest BCUT2D eigenvalue weighted by Crippen LogP contribution is -2.14. The van der Waals surface area contributed by atoms with Gasteiger partial charge >= 0.3 is 0 Å². The van der Waals surface area contributed by atoms with E-state index in [2.05, 4.69) is 17.2 Å². The summed E-state index contributed by atoms with van der Waals surface area (Å²) in [5, 5.41) is 3.23. The average Bonchev–Trinajstić information content (AvgIpc) is 2.52. The summed E-state index contributed by atoms with van der Waals surface area (Å²) < 4.78 is 26.5. The second kappa shape index (κ2) is 9.37. The third kappa shape index (κ3) is 6.02. The molecule has 0 spiro atoms. The molecule has 0 fully saturated rings. The highest BCUT2D eigenvalue weighted by molar-refractivity contribution is 5.85. The Morgan fingerprint density at radius 3 is 2.28 bits per heavy atom. The van der Waals surface area contributed by atoms with Crippen LogP contribution in [0, 0.1) is 25.5 Å². The predicted octanol–water partition coefficient (Wildman–Crippen LogP) is 5.23. The number of nitrogens with one attached hydrogen (secondary N) is 1. The smallest absolute Gasteiger partial charge is 0.126 e. The van der Waals surface area contributed by atoms with E-state index in [1.165, 1.54) is 12.1 Å². The quantitative estimate of drug-likeness (QED) is 0.559. The summed E-state index contributed by atoms with van der Waals surface area (Å²) in [6, 6.07) is 7.54. The van der Waals surface area contributed by atoms with Gasteiger partial charge in [-0.1, -0.05) is 0 Å². The SMILES string of the molecule is CCN(C)C=Nc1cc(C)c(NCc2cc(F)cc(F)c2)cc1C.Cl. The molecule has 0 saturated carbocycles. The average molecular weight is 368 g/mol. The number of rotatable bonds is 6. The van der Waals surface area contributed by atoms with Gasteiger partial charge in [0.1, 0.15) is 11.6 Å². The lowest BCUT2D eigenvalue weighted by atomic mass is 10.1. The lowest BCUT2D eigenvalue weighted by molar-refractivity contribution is 0.552. The highest BCUT2D eigenvalue weighted by Crippen LogP contribution is 2.27. The topological polar surface area (TPSA) is 27.6 Å². The van der Waals surface area contributed by atoms with Crippen molar-refractivity contribution < 1.29 is 8.78 Å². The van der Waals surface area contributed by atoms with Gasteiger partial charge < -0.3 is 10.2 Å². The molecule has 2 aromatic carbocycles. The van der Waals surface area contributed by atoms with Crippen LogP contribution in [0.15, 0.2) is 35.3 Å². The van der Waals surface area contributed by atoms with E-state index in [-0.39, 0.29) is 12.4 Å². The molecule has 0 aromatic heterocycles. The highest BCUT2D eigenvalue weighted by Gasteiger charge is 2.05. The van der Waals surface area contributed by atoms with Crippen LogP contribution < -0.4 is 5.32 Å². The van der Waals surface area contributed by atoms with Crippen LogP contribution in [-0.2, 0) is 6.54 Å². The van der Waals surface area contributed by atoms with E-state index in [0.717, 1.165) is 35.1 Å². The summed E-state index contributed by atoms with van der Waals surface area (Å²) in [6.45, 7) is 7.29. The summed E-state index contributed by atoms with van der Waals surface area (Å²) in [4.78, 5) is 6.49. The summed E-state index contributed by atoms with van der Waals surface area (Å²) >= 11 is 0. The minimum Gasteiger partial charge on any atom is -0.381 e. The first-order valence-electron chi connectivity index (χ1n) is 7.93. The maximum Gasteiger partial charge on any atom is 0.126 e. The molecule has 3 nitrogen and oxygen atoms in total. The largest absolute Gasteiger partial charge is 0.381 e. The number of aliphatic imine (C=N–C) groups is 1. The van der Waals surface area contributed by atoms with Crippen molar-refractivity contribution in [2.75, 3.05) is 18.9 Å². The third-order valence-electron chi connectivity index (χ3n) is 3.84. The first-order valence-corrected chi connectivity index (χ1v) is 7.93. The van der Waals surface area contributed by atoms with Crippen molar-refractivity contribution in [3.8, 4) is 0 Å². The molecule has 0 aliphatic heterocycles. The van der Waals surface area contributed by atoms with Gasteiger partial charge in [0.25, 0.3) is 0 Å². The Morgan fingerprint density at radius 2 is 1.68 bits per heavy atom. The maximum atomic E-state index is 13.2. The Hall–Kier alpha value is -2.14. The molecule has 2 rings (SSSR count). The van der Waals surface area contributed by atoms with Crippen LogP contribution in [0.5, 0.6) is 0 Å². The number of nitrogens with zero attached hydrogens (tertiary/aromatic N) is 2. The molecule has 136 valence electrons. The van der Waals surface area contributed by atoms with Gasteiger partial charge in [-0.2, -0.15) is 0 Å². The molecular formula is C19H24ClF2N3. The summed E-state index contributed by atoms with van der Waals surface area (Å²) in [5.74, 6) is -1.13. The molecule has 1 N–H and O–H groups in total. The number of hydrogen-bond acceptors (Lipinski definition) is 2. The Balaban J connectivity index is 0.00000312. The fraction of sp³-hybridized carbons (Fsp3) is 0.316. The minimum absolute atomic E-state index is 0. The van der Waals surface area contributed by atoms with Gasteiger partial charge in [-0.25, -0.2) is 13.8 Å². The second-order valence-electron chi connectivity index (χ2n) is 5.90. The van der Waals surface area contributed by atoms with Crippen molar-refractivity contribution in [3.05, 3.63) is 58.7 Å². The third-order valence-corrected chi connectivity index (χ3v) is 3.84. The first-order chi connectivity index (χ1) is 11.4. The van der Waals surface area contributed by atoms with Crippen molar-refractivity contribution in [2.45, 2.75) is 27.3 Å². The number of hydrogen-bond donors (Lipinski definition) is 1. The van der Waals surface area contributed by atoms with Crippen molar-refractivity contribution in [1.29, 1.82) is 0 Å². The molecule has 2 aromatic rings. The Kier molecular flexibility index (Phi) is 7.84. The molecule has 0 aliphatic carbocycles. The number of halogens is 3. The maximum absolute atomic E-state index is 13.2. The standard InChI is InChI=1S/C19H23F2N3.ClH/c1-5-24(4)12-23-19-7-13(2)18(6-14(19)3)22-11-15-8-16(20)10-17(21)9-15;/h6-10,12,22H,5,11H2,1-4H3;1H. The van der Waals surface area contributed by atoms with Gasteiger partial charge in [0, 0.05) is 31.9 Å². The number of benzene rings is 2. The number of aryl methyl sites for hydroxylation is 2. The van der Waals surface area contributed by atoms with E-state index in [1.54, 1.807) is 0 Å². The monoisotopic (exact) mass is 367 g/mol.